The van der Waals surface area contributed by atoms with Crippen molar-refractivity contribution in [1.29, 1.82) is 0 Å². The zero-order chi connectivity index (χ0) is 31.4. The minimum Gasteiger partial charge on any atom is -0.497 e. The first-order valence-electron chi connectivity index (χ1n) is 14.6. The number of carbonyl (C=O) groups is 1. The summed E-state index contributed by atoms with van der Waals surface area (Å²) in [5.74, 6) is 0.228. The van der Waals surface area contributed by atoms with Crippen LogP contribution in [0.25, 0.3) is 0 Å². The molecule has 1 fully saturated rings. The Morgan fingerprint density at radius 1 is 0.933 bits per heavy atom. The summed E-state index contributed by atoms with van der Waals surface area (Å²) in [4.78, 5) is 31.3. The van der Waals surface area contributed by atoms with Crippen molar-refractivity contribution in [2.24, 2.45) is 0 Å². The molecular formula is C36H33N3O6. The number of amides is 1. The van der Waals surface area contributed by atoms with Crippen LogP contribution >= 0.6 is 0 Å². The minimum atomic E-state index is -1.65. The van der Waals surface area contributed by atoms with Gasteiger partial charge in [-0.25, -0.2) is 4.79 Å². The molecule has 9 heteroatoms. The van der Waals surface area contributed by atoms with Crippen molar-refractivity contribution in [3.05, 3.63) is 160 Å². The van der Waals surface area contributed by atoms with Gasteiger partial charge in [0.05, 0.1) is 25.2 Å². The summed E-state index contributed by atoms with van der Waals surface area (Å²) in [6, 6.07) is 36.9. The number of nitrogens with one attached hydrogen (secondary N) is 1. The summed E-state index contributed by atoms with van der Waals surface area (Å²) >= 11 is 0. The molecule has 1 saturated heterocycles. The topological polar surface area (TPSA) is 123 Å². The van der Waals surface area contributed by atoms with E-state index in [1.165, 1.54) is 16.8 Å². The molecule has 0 unspecified atom stereocenters. The second-order valence-corrected chi connectivity index (χ2v) is 10.9. The zero-order valence-electron chi connectivity index (χ0n) is 24.6. The normalized spacial score (nSPS) is 19.6. The molecule has 1 aliphatic rings. The van der Waals surface area contributed by atoms with Crippen molar-refractivity contribution >= 4 is 11.7 Å². The molecule has 9 nitrogen and oxygen atoms in total. The third-order valence-electron chi connectivity index (χ3n) is 8.41. The molecule has 1 amide bonds. The molecule has 4 aromatic carbocycles. The molecular weight excluding hydrogens is 570 g/mol. The smallest absolute Gasteiger partial charge is 0.351 e. The van der Waals surface area contributed by atoms with Gasteiger partial charge >= 0.3 is 5.69 Å². The lowest BCUT2D eigenvalue weighted by Crippen LogP contribution is -2.58. The second-order valence-electron chi connectivity index (χ2n) is 10.9. The number of ether oxygens (including phenoxy) is 2. The first kappa shape index (κ1) is 30.0. The number of nitrogens with zero attached hydrogens (tertiary/aromatic N) is 2. The predicted molar refractivity (Wildman–Crippen MR) is 169 cm³/mol. The fourth-order valence-corrected chi connectivity index (χ4v) is 6.46. The van der Waals surface area contributed by atoms with Crippen molar-refractivity contribution in [3.8, 4) is 5.75 Å². The molecule has 5 aromatic rings. The Hall–Kier alpha value is -5.09. The third kappa shape index (κ3) is 5.21. The number of aliphatic hydroxyl groups excluding tert-OH is 2. The van der Waals surface area contributed by atoms with Gasteiger partial charge in [0, 0.05) is 18.2 Å². The Balaban J connectivity index is 1.64. The summed E-state index contributed by atoms with van der Waals surface area (Å²) in [5, 5.41) is 24.4. The van der Waals surface area contributed by atoms with Crippen LogP contribution in [0.3, 0.4) is 0 Å². The van der Waals surface area contributed by atoms with Gasteiger partial charge in [0.25, 0.3) is 5.91 Å². The van der Waals surface area contributed by atoms with Gasteiger partial charge in [0.15, 0.2) is 5.72 Å². The zero-order valence-corrected chi connectivity index (χ0v) is 24.6. The van der Waals surface area contributed by atoms with E-state index in [9.17, 15) is 19.8 Å². The van der Waals surface area contributed by atoms with Gasteiger partial charge in [-0.2, -0.15) is 4.98 Å². The first-order valence-corrected chi connectivity index (χ1v) is 14.6. The lowest BCUT2D eigenvalue weighted by Gasteiger charge is -2.50. The van der Waals surface area contributed by atoms with Crippen LogP contribution in [0, 0.1) is 0 Å². The van der Waals surface area contributed by atoms with E-state index in [1.54, 1.807) is 37.4 Å². The summed E-state index contributed by atoms with van der Waals surface area (Å²) in [6.07, 6.45) is -0.691. The Kier molecular flexibility index (Phi) is 8.32. The monoisotopic (exact) mass is 603 g/mol. The van der Waals surface area contributed by atoms with Gasteiger partial charge < -0.3 is 25.0 Å². The maximum atomic E-state index is 14.2. The number of carbonyl (C=O) groups excluding carboxylic acids is 1. The van der Waals surface area contributed by atoms with Crippen molar-refractivity contribution in [2.45, 2.75) is 29.8 Å². The molecule has 0 saturated carbocycles. The first-order chi connectivity index (χ1) is 21.9. The number of methoxy groups -OCH3 is 1. The number of anilines is 1. The number of hydrogen-bond acceptors (Lipinski definition) is 7. The van der Waals surface area contributed by atoms with E-state index in [0.29, 0.717) is 11.3 Å². The van der Waals surface area contributed by atoms with E-state index < -0.39 is 41.6 Å². The lowest BCUT2D eigenvalue weighted by atomic mass is 9.61. The van der Waals surface area contributed by atoms with Crippen LogP contribution in [-0.4, -0.2) is 51.6 Å². The molecule has 0 radical (unpaired) electrons. The van der Waals surface area contributed by atoms with Crippen LogP contribution in [-0.2, 0) is 15.9 Å². The van der Waals surface area contributed by atoms with Gasteiger partial charge in [-0.15, -0.1) is 0 Å². The Labute approximate surface area is 260 Å². The van der Waals surface area contributed by atoms with Crippen LogP contribution in [0.2, 0.25) is 0 Å². The van der Waals surface area contributed by atoms with Crippen LogP contribution in [0.1, 0.15) is 33.5 Å². The van der Waals surface area contributed by atoms with Gasteiger partial charge in [0.1, 0.15) is 17.7 Å². The fraction of sp³-hybridized carbons (Fsp3) is 0.194. The summed E-state index contributed by atoms with van der Waals surface area (Å²) in [7, 11) is 1.58. The highest BCUT2D eigenvalue weighted by Gasteiger charge is 2.63. The average Bonchev–Trinajstić information content (AvgIpc) is 3.43. The average molecular weight is 604 g/mol. The van der Waals surface area contributed by atoms with Crippen LogP contribution in [0.4, 0.5) is 5.82 Å². The summed E-state index contributed by atoms with van der Waals surface area (Å²) in [5.41, 5.74) is -0.981. The highest BCUT2D eigenvalue weighted by molar-refractivity contribution is 6.03. The summed E-state index contributed by atoms with van der Waals surface area (Å²) in [6.45, 7) is -0.478. The van der Waals surface area contributed by atoms with Crippen molar-refractivity contribution < 1.29 is 24.5 Å². The lowest BCUT2D eigenvalue weighted by molar-refractivity contribution is -0.147. The largest absolute Gasteiger partial charge is 0.497 e. The Morgan fingerprint density at radius 2 is 1.53 bits per heavy atom. The fourth-order valence-electron chi connectivity index (χ4n) is 6.46. The van der Waals surface area contributed by atoms with E-state index in [1.807, 2.05) is 84.9 Å². The van der Waals surface area contributed by atoms with Crippen molar-refractivity contribution in [2.75, 3.05) is 19.0 Å². The second kappa shape index (κ2) is 12.5. The molecule has 228 valence electrons. The van der Waals surface area contributed by atoms with Crippen LogP contribution < -0.4 is 15.7 Å². The standard InChI is InChI=1S/C36H33N3O6/c1-44-29-19-11-18-28(22-29)36(26-14-7-3-8-15-26,27-16-9-4-10-17-27)35(23-30(41)31(24-40)45-35)39-21-20-32(38-34(39)43)37-33(42)25-12-5-2-6-13-25/h2-22,30-31,40-41H,23-24H2,1H3,(H,37,38,42,43)/t30-,31+,35-/m0/s1. The van der Waals surface area contributed by atoms with E-state index in [0.717, 1.165) is 16.7 Å². The van der Waals surface area contributed by atoms with Gasteiger partial charge in [-0.05, 0) is 47.0 Å². The van der Waals surface area contributed by atoms with Gasteiger partial charge in [-0.3, -0.25) is 9.36 Å². The molecule has 0 aliphatic carbocycles. The molecule has 3 N–H and O–H groups in total. The molecule has 0 spiro atoms. The van der Waals surface area contributed by atoms with Crippen molar-refractivity contribution in [3.63, 3.8) is 0 Å². The maximum Gasteiger partial charge on any atom is 0.351 e. The highest BCUT2D eigenvalue weighted by atomic mass is 16.6. The molecule has 45 heavy (non-hydrogen) atoms. The molecule has 2 heterocycles. The van der Waals surface area contributed by atoms with E-state index in [2.05, 4.69) is 10.3 Å². The Morgan fingerprint density at radius 3 is 2.09 bits per heavy atom. The van der Waals surface area contributed by atoms with E-state index >= 15 is 0 Å². The maximum absolute atomic E-state index is 14.2. The van der Waals surface area contributed by atoms with E-state index in [4.69, 9.17) is 9.47 Å². The Bertz CT molecular complexity index is 1790. The SMILES string of the molecule is COc1cccc(C(c2ccccc2)(c2ccccc2)[C@]2(n3ccc(NC(=O)c4ccccc4)nc3=O)C[C@H](O)[C@@H](CO)O2)c1. The number of aliphatic hydroxyl groups is 2. The minimum absolute atomic E-state index is 0.0592. The quantitative estimate of drug-likeness (QED) is 0.214. The number of aromatic nitrogens is 2. The molecule has 1 aromatic heterocycles. The van der Waals surface area contributed by atoms with Gasteiger partial charge in [-0.1, -0.05) is 91.0 Å². The van der Waals surface area contributed by atoms with Crippen LogP contribution in [0.5, 0.6) is 5.75 Å². The summed E-state index contributed by atoms with van der Waals surface area (Å²) < 4.78 is 13.8. The molecule has 0 bridgehead atoms. The third-order valence-corrected chi connectivity index (χ3v) is 8.41. The predicted octanol–water partition coefficient (Wildman–Crippen LogP) is 4.33. The van der Waals surface area contributed by atoms with E-state index in [-0.39, 0.29) is 12.2 Å². The van der Waals surface area contributed by atoms with Gasteiger partial charge in [0.2, 0.25) is 0 Å². The molecule has 6 rings (SSSR count). The van der Waals surface area contributed by atoms with Crippen molar-refractivity contribution in [1.82, 2.24) is 9.55 Å². The van der Waals surface area contributed by atoms with Crippen LogP contribution in [0.15, 0.2) is 132 Å². The number of hydrogen-bond donors (Lipinski definition) is 3. The number of rotatable bonds is 9. The molecule has 3 atom stereocenters. The highest BCUT2D eigenvalue weighted by Crippen LogP contribution is 2.57. The molecule has 1 aliphatic heterocycles. The number of benzene rings is 4.